The number of amides is 2. The van der Waals surface area contributed by atoms with Crippen LogP contribution in [0, 0.1) is 0 Å². The Hall–Kier alpha value is -4.26. The van der Waals surface area contributed by atoms with Gasteiger partial charge in [-0.25, -0.2) is 4.90 Å². The first-order valence-electron chi connectivity index (χ1n) is 10.9. The lowest BCUT2D eigenvalue weighted by molar-refractivity contribution is -0.120. The molecule has 0 aromatic heterocycles. The van der Waals surface area contributed by atoms with Gasteiger partial charge in [0.05, 0.1) is 32.6 Å². The third-order valence-corrected chi connectivity index (χ3v) is 5.72. The standard InChI is InChI=1S/C27H26N2O5/c1-5-17-6-11-20(12-7-17)29-26(30)24(18-8-13-21(32-2)14-9-18)25(27(29)31)28-19-10-15-22(33-3)23(16-19)34-4/h6-16,28H,5H2,1-4H3. The highest BCUT2D eigenvalue weighted by Gasteiger charge is 2.40. The SMILES string of the molecule is CCc1ccc(N2C(=O)C(Nc3ccc(OC)c(OC)c3)=C(c3ccc(OC)cc3)C2=O)cc1. The summed E-state index contributed by atoms with van der Waals surface area (Å²) in [6, 6.07) is 19.7. The van der Waals surface area contributed by atoms with Crippen molar-refractivity contribution in [2.75, 3.05) is 31.5 Å². The number of aryl methyl sites for hydroxylation is 1. The Bertz CT molecular complexity index is 1250. The predicted octanol–water partition coefficient (Wildman–Crippen LogP) is 4.67. The van der Waals surface area contributed by atoms with Crippen LogP contribution in [0.4, 0.5) is 11.4 Å². The van der Waals surface area contributed by atoms with Crippen LogP contribution in [0.1, 0.15) is 18.1 Å². The van der Waals surface area contributed by atoms with Gasteiger partial charge in [0.25, 0.3) is 11.8 Å². The molecule has 2 amide bonds. The van der Waals surface area contributed by atoms with Crippen molar-refractivity contribution in [3.8, 4) is 17.2 Å². The average molecular weight is 459 g/mol. The summed E-state index contributed by atoms with van der Waals surface area (Å²) in [6.45, 7) is 2.05. The summed E-state index contributed by atoms with van der Waals surface area (Å²) < 4.78 is 15.9. The van der Waals surface area contributed by atoms with E-state index in [0.717, 1.165) is 12.0 Å². The van der Waals surface area contributed by atoms with Gasteiger partial charge >= 0.3 is 0 Å². The van der Waals surface area contributed by atoms with Gasteiger partial charge in [0.1, 0.15) is 11.4 Å². The quantitative estimate of drug-likeness (QED) is 0.495. The molecule has 1 heterocycles. The number of hydrogen-bond donors (Lipinski definition) is 1. The van der Waals surface area contributed by atoms with Gasteiger partial charge in [-0.3, -0.25) is 9.59 Å². The Morgan fingerprint density at radius 2 is 1.44 bits per heavy atom. The Labute approximate surface area is 198 Å². The number of carbonyl (C=O) groups excluding carboxylic acids is 2. The van der Waals surface area contributed by atoms with Crippen molar-refractivity contribution in [3.63, 3.8) is 0 Å². The minimum atomic E-state index is -0.435. The van der Waals surface area contributed by atoms with E-state index in [1.807, 2.05) is 12.1 Å². The van der Waals surface area contributed by atoms with Crippen molar-refractivity contribution in [3.05, 3.63) is 83.6 Å². The highest BCUT2D eigenvalue weighted by Crippen LogP contribution is 2.36. The number of ether oxygens (including phenoxy) is 3. The van der Waals surface area contributed by atoms with Crippen LogP contribution < -0.4 is 24.4 Å². The van der Waals surface area contributed by atoms with Gasteiger partial charge in [-0.1, -0.05) is 31.2 Å². The second kappa shape index (κ2) is 9.70. The van der Waals surface area contributed by atoms with E-state index in [1.165, 1.54) is 12.0 Å². The fourth-order valence-electron chi connectivity index (χ4n) is 3.84. The molecule has 7 nitrogen and oxygen atoms in total. The Morgan fingerprint density at radius 1 is 0.765 bits per heavy atom. The van der Waals surface area contributed by atoms with Crippen LogP contribution in [-0.2, 0) is 16.0 Å². The normalized spacial score (nSPS) is 13.4. The van der Waals surface area contributed by atoms with Gasteiger partial charge in [0, 0.05) is 11.8 Å². The summed E-state index contributed by atoms with van der Waals surface area (Å²) in [4.78, 5) is 28.3. The second-order valence-electron chi connectivity index (χ2n) is 7.64. The molecule has 0 fully saturated rings. The van der Waals surface area contributed by atoms with E-state index in [0.29, 0.717) is 34.2 Å². The maximum Gasteiger partial charge on any atom is 0.282 e. The number of hydrogen-bond acceptors (Lipinski definition) is 6. The zero-order chi connectivity index (χ0) is 24.2. The average Bonchev–Trinajstić information content (AvgIpc) is 3.12. The van der Waals surface area contributed by atoms with E-state index in [4.69, 9.17) is 14.2 Å². The maximum atomic E-state index is 13.6. The summed E-state index contributed by atoms with van der Waals surface area (Å²) in [5.74, 6) is 0.881. The van der Waals surface area contributed by atoms with Gasteiger partial charge in [-0.15, -0.1) is 0 Å². The molecule has 1 aliphatic rings. The molecule has 0 atom stereocenters. The fraction of sp³-hybridized carbons (Fsp3) is 0.185. The monoisotopic (exact) mass is 458 g/mol. The molecule has 4 rings (SSSR count). The van der Waals surface area contributed by atoms with E-state index >= 15 is 0 Å². The minimum absolute atomic E-state index is 0.182. The zero-order valence-electron chi connectivity index (χ0n) is 19.5. The molecule has 7 heteroatoms. The molecule has 3 aromatic carbocycles. The van der Waals surface area contributed by atoms with E-state index in [-0.39, 0.29) is 11.3 Å². The van der Waals surface area contributed by atoms with Gasteiger partial charge in [0.2, 0.25) is 0 Å². The molecule has 174 valence electrons. The molecule has 0 saturated carbocycles. The lowest BCUT2D eigenvalue weighted by atomic mass is 10.0. The Morgan fingerprint density at radius 3 is 2.03 bits per heavy atom. The topological polar surface area (TPSA) is 77.1 Å². The van der Waals surface area contributed by atoms with Crippen molar-refractivity contribution < 1.29 is 23.8 Å². The predicted molar refractivity (Wildman–Crippen MR) is 131 cm³/mol. The fourth-order valence-corrected chi connectivity index (χ4v) is 3.84. The lowest BCUT2D eigenvalue weighted by Gasteiger charge is -2.16. The largest absolute Gasteiger partial charge is 0.497 e. The molecule has 0 radical (unpaired) electrons. The van der Waals surface area contributed by atoms with Crippen molar-refractivity contribution in [2.24, 2.45) is 0 Å². The van der Waals surface area contributed by atoms with Crippen molar-refractivity contribution >= 4 is 28.8 Å². The molecule has 1 aliphatic heterocycles. The molecule has 0 aliphatic carbocycles. The maximum absolute atomic E-state index is 13.6. The molecule has 0 bridgehead atoms. The first kappa shape index (κ1) is 22.9. The summed E-state index contributed by atoms with van der Waals surface area (Å²) in [6.07, 6.45) is 0.865. The summed E-state index contributed by atoms with van der Waals surface area (Å²) in [5.41, 5.74) is 3.29. The van der Waals surface area contributed by atoms with Gasteiger partial charge < -0.3 is 19.5 Å². The summed E-state index contributed by atoms with van der Waals surface area (Å²) in [7, 11) is 4.66. The molecular formula is C27H26N2O5. The van der Waals surface area contributed by atoms with Crippen LogP contribution in [0.15, 0.2) is 72.4 Å². The number of nitrogens with one attached hydrogen (secondary N) is 1. The van der Waals surface area contributed by atoms with Crippen LogP contribution in [-0.4, -0.2) is 33.1 Å². The van der Waals surface area contributed by atoms with Crippen LogP contribution in [0.5, 0.6) is 17.2 Å². The van der Waals surface area contributed by atoms with Gasteiger partial charge in [-0.05, 0) is 53.9 Å². The van der Waals surface area contributed by atoms with Gasteiger partial charge in [-0.2, -0.15) is 0 Å². The summed E-state index contributed by atoms with van der Waals surface area (Å²) in [5, 5.41) is 3.15. The number of imide groups is 1. The molecule has 3 aromatic rings. The molecule has 0 unspecified atom stereocenters. The molecule has 34 heavy (non-hydrogen) atoms. The molecular weight excluding hydrogens is 432 g/mol. The third-order valence-electron chi connectivity index (χ3n) is 5.72. The molecule has 1 N–H and O–H groups in total. The third kappa shape index (κ3) is 4.20. The highest BCUT2D eigenvalue weighted by molar-refractivity contribution is 6.46. The van der Waals surface area contributed by atoms with E-state index in [9.17, 15) is 9.59 Å². The number of benzene rings is 3. The van der Waals surface area contributed by atoms with E-state index in [1.54, 1.807) is 68.8 Å². The number of rotatable bonds is 8. The first-order valence-corrected chi connectivity index (χ1v) is 10.9. The number of methoxy groups -OCH3 is 3. The summed E-state index contributed by atoms with van der Waals surface area (Å²) >= 11 is 0. The van der Waals surface area contributed by atoms with Crippen molar-refractivity contribution in [1.82, 2.24) is 0 Å². The minimum Gasteiger partial charge on any atom is -0.497 e. The Kier molecular flexibility index (Phi) is 6.54. The van der Waals surface area contributed by atoms with Crippen molar-refractivity contribution in [1.29, 1.82) is 0 Å². The Balaban J connectivity index is 1.79. The highest BCUT2D eigenvalue weighted by atomic mass is 16.5. The van der Waals surface area contributed by atoms with Crippen LogP contribution >= 0.6 is 0 Å². The number of anilines is 2. The lowest BCUT2D eigenvalue weighted by Crippen LogP contribution is -2.32. The molecule has 0 saturated heterocycles. The van der Waals surface area contributed by atoms with E-state index < -0.39 is 11.8 Å². The smallest absolute Gasteiger partial charge is 0.282 e. The molecule has 0 spiro atoms. The van der Waals surface area contributed by atoms with Crippen LogP contribution in [0.2, 0.25) is 0 Å². The van der Waals surface area contributed by atoms with Crippen molar-refractivity contribution in [2.45, 2.75) is 13.3 Å². The second-order valence-corrected chi connectivity index (χ2v) is 7.64. The van der Waals surface area contributed by atoms with Crippen LogP contribution in [0.25, 0.3) is 5.57 Å². The first-order chi connectivity index (χ1) is 16.5. The number of carbonyl (C=O) groups is 2. The van der Waals surface area contributed by atoms with E-state index in [2.05, 4.69) is 12.2 Å². The zero-order valence-corrected chi connectivity index (χ0v) is 19.5. The van der Waals surface area contributed by atoms with Crippen LogP contribution in [0.3, 0.4) is 0 Å². The number of nitrogens with zero attached hydrogens (tertiary/aromatic N) is 1. The van der Waals surface area contributed by atoms with Gasteiger partial charge in [0.15, 0.2) is 11.5 Å².